The summed E-state index contributed by atoms with van der Waals surface area (Å²) in [4.78, 5) is 67.0. The number of carbonyl (C=O) groups excluding carboxylic acids is 6. The lowest BCUT2D eigenvalue weighted by Crippen LogP contribution is -2.64. The van der Waals surface area contributed by atoms with Crippen molar-refractivity contribution < 1.29 is 159 Å². The van der Waals surface area contributed by atoms with Crippen LogP contribution in [0.4, 0.5) is 65.9 Å². The van der Waals surface area contributed by atoms with E-state index in [0.717, 1.165) is 24.2 Å². The summed E-state index contributed by atoms with van der Waals surface area (Å²) in [6.45, 7) is 21.4. The lowest BCUT2D eigenvalue weighted by molar-refractivity contribution is -0.391. The van der Waals surface area contributed by atoms with Gasteiger partial charge in [0.2, 0.25) is 22.0 Å². The standard InChI is InChI=1S/C17H17F4NO5S3.C16H19F9O4.C13H16O2.C8H10O4.C6H8F2O5S.2HPS/c1-15(11-22,29-14(28)12-5-3-2-4-6-12)8-7-13(23)27-10-9-16(18,19)17(20,21)30(24,25)26;1-7(2)11(26)29-10-5-8(12(3,27)14(17,18)19)4-9(6-10)13(28,15(20,21)22)16(23,24)25;1-10(2)12(14)15-13(3,4)11-8-6-5-7-9-11;1-5(2)7(9)12-6-3-4-11-8(6)10;1-4(2)5(9)13-3-6(7,8)14(10,11)12;2*1-2/h2-6H,7-10H2,1H3,(H,24,25,26);8-10,27-28H,1,4-6H2,2-3H3;5-9H,1H2,2-4H3;6H,1,3-4H2,2H3;1,3H2,2H3,(H,10,11,12);2*1H/i;;;;;2*1T. The zero-order valence-corrected chi connectivity index (χ0v) is 62.6. The molecule has 2 fully saturated rings. The van der Waals surface area contributed by atoms with E-state index in [-0.39, 0.29) is 36.0 Å². The van der Waals surface area contributed by atoms with Crippen LogP contribution >= 0.6 is 39.9 Å². The zero-order valence-electron chi connectivity index (χ0n) is 57.8. The monoisotopic (exact) mass is 1670 g/mol. The van der Waals surface area contributed by atoms with Crippen molar-refractivity contribution >= 4 is 124 Å². The highest BCUT2D eigenvalue weighted by atomic mass is 32.4. The number of ether oxygens (including phenoxy) is 6. The van der Waals surface area contributed by atoms with E-state index in [2.05, 4.69) is 68.9 Å². The van der Waals surface area contributed by atoms with E-state index in [1.54, 1.807) is 37.3 Å². The lowest BCUT2D eigenvalue weighted by Gasteiger charge is -2.47. The van der Waals surface area contributed by atoms with E-state index in [0.29, 0.717) is 44.3 Å². The molecule has 0 aromatic heterocycles. The maximum Gasteiger partial charge on any atom is 0.426 e. The van der Waals surface area contributed by atoms with Crippen LogP contribution in [0.1, 0.15) is 111 Å². The summed E-state index contributed by atoms with van der Waals surface area (Å²) in [6.07, 6.45) is -26.0. The summed E-state index contributed by atoms with van der Waals surface area (Å²) >= 11 is 13.1. The van der Waals surface area contributed by atoms with E-state index in [4.69, 9.17) is 24.2 Å². The first kappa shape index (κ1) is 97.9. The number of benzene rings is 2. The van der Waals surface area contributed by atoms with Crippen LogP contribution < -0.4 is 0 Å². The number of rotatable bonds is 23. The molecule has 2 aliphatic rings. The SMILES string of the molecule is C=C(C)C(=O)OC(C)(C)c1ccccc1.C=C(C)C(=O)OC1CC(C(C)(O)C(F)(F)F)CC(C(O)(C(F)(F)F)C(F)(F)F)C1.C=C(C)C(=O)OC1CCOC1=O.C=C(C)C(=O)OCC(F)(F)S(=O)(=O)[O-].CC(C#N)(CCC(=O)OCCC(F)(F)C(F)(F)S(=O)(=O)[O-])SC(=S)c1ccccc1.[3H]P=[SH+].[3H]P=[SH+]. The number of carbonyl (C=O) groups is 6. The van der Waals surface area contributed by atoms with Crippen LogP contribution in [0, 0.1) is 23.2 Å². The zero-order chi connectivity index (χ0) is 84.0. The van der Waals surface area contributed by atoms with Gasteiger partial charge in [-0.2, -0.15) is 71.1 Å². The number of hydrogen-bond acceptors (Lipinski definition) is 23. The maximum absolute atomic E-state index is 13.3. The molecule has 1 heterocycles. The fraction of sp³-hybridized carbons (Fsp3) is 0.533. The topological polar surface area (TPSA) is 336 Å². The Morgan fingerprint density at radius 3 is 1.50 bits per heavy atom. The van der Waals surface area contributed by atoms with Crippen molar-refractivity contribution in [3.05, 3.63) is 120 Å². The highest BCUT2D eigenvalue weighted by Gasteiger charge is 2.75. The van der Waals surface area contributed by atoms with Gasteiger partial charge in [0.05, 0.1) is 29.9 Å². The first-order valence-corrected chi connectivity index (χ1v) is 35.8. The molecule has 2 aromatic rings. The number of alkyl halides is 15. The van der Waals surface area contributed by atoms with Gasteiger partial charge in [-0.25, -0.2) is 40.8 Å². The van der Waals surface area contributed by atoms with Crippen molar-refractivity contribution in [2.75, 3.05) is 19.8 Å². The number of nitriles is 1. The number of cyclic esters (lactones) is 1. The Balaban J connectivity index is -0.00000128. The largest absolute Gasteiger partial charge is 0.743 e. The van der Waals surface area contributed by atoms with E-state index in [1.807, 2.05) is 50.2 Å². The van der Waals surface area contributed by atoms with E-state index in [1.165, 1.54) is 20.8 Å². The molecule has 1 aliphatic heterocycles. The van der Waals surface area contributed by atoms with E-state index in [9.17, 15) is 136 Å². The minimum atomic E-state index is -6.60. The van der Waals surface area contributed by atoms with Crippen molar-refractivity contribution in [1.29, 1.82) is 7.82 Å². The molecule has 2 N–H and O–H groups in total. The van der Waals surface area contributed by atoms with Gasteiger partial charge in [-0.15, -0.1) is 0 Å². The summed E-state index contributed by atoms with van der Waals surface area (Å²) < 4.78 is 295. The van der Waals surface area contributed by atoms with Gasteiger partial charge in [0, 0.05) is 47.0 Å². The second-order valence-corrected chi connectivity index (χ2v) is 27.8. The minimum absolute atomic E-state index is 0.0819. The lowest BCUT2D eigenvalue weighted by atomic mass is 9.66. The predicted molar refractivity (Wildman–Crippen MR) is 359 cm³/mol. The molecular formula is C60H72F15NO20P2S6. The number of thiocarbonyl (C=S) groups is 1. The highest BCUT2D eigenvalue weighted by molar-refractivity contribution is 8.24. The fourth-order valence-electron chi connectivity index (χ4n) is 7.65. The molecule has 21 nitrogen and oxygen atoms in total. The van der Waals surface area contributed by atoms with Gasteiger partial charge >= 0.3 is 70.8 Å². The summed E-state index contributed by atoms with van der Waals surface area (Å²) in [7, 11) is -11.7. The quantitative estimate of drug-likeness (QED) is 0.0120. The van der Waals surface area contributed by atoms with Gasteiger partial charge in [-0.1, -0.05) is 111 Å². The first-order chi connectivity index (χ1) is 47.8. The van der Waals surface area contributed by atoms with E-state index >= 15 is 0 Å². The summed E-state index contributed by atoms with van der Waals surface area (Å²) in [5.74, 6) is -15.2. The molecular weight excluding hydrogens is 1590 g/mol. The summed E-state index contributed by atoms with van der Waals surface area (Å²) in [5.41, 5.74) is -7.79. The third-order valence-electron chi connectivity index (χ3n) is 13.6. The van der Waals surface area contributed by atoms with Gasteiger partial charge in [-0.3, -0.25) is 4.79 Å². The van der Waals surface area contributed by atoms with Crippen LogP contribution in [-0.2, 0) is 107 Å². The molecule has 1 aliphatic carbocycles. The van der Waals surface area contributed by atoms with Crippen LogP contribution in [0.2, 0.25) is 0 Å². The Hall–Kier alpha value is -6.12. The van der Waals surface area contributed by atoms with Crippen LogP contribution in [-0.4, -0.2) is 162 Å². The molecule has 1 saturated carbocycles. The van der Waals surface area contributed by atoms with Gasteiger partial charge in [0.15, 0.2) is 58.6 Å². The normalized spacial score (nSPS) is 17.7. The second kappa shape index (κ2) is 42.4. The van der Waals surface area contributed by atoms with Gasteiger partial charge in [0.1, 0.15) is 16.5 Å². The molecule has 0 bridgehead atoms. The molecule has 6 unspecified atom stereocenters. The average Bonchev–Trinajstić information content (AvgIpc) is 0.776. The Morgan fingerprint density at radius 1 is 0.683 bits per heavy atom. The third kappa shape index (κ3) is 32.1. The molecule has 4 rings (SSSR count). The molecule has 104 heavy (non-hydrogen) atoms. The third-order valence-corrected chi connectivity index (χ3v) is 17.1. The Labute approximate surface area is 614 Å². The van der Waals surface area contributed by atoms with E-state index < -0.39 is 176 Å². The summed E-state index contributed by atoms with van der Waals surface area (Å²) in [5, 5.41) is 18.3. The Morgan fingerprint density at radius 2 is 1.12 bits per heavy atom. The molecule has 0 radical (unpaired) electrons. The van der Waals surface area contributed by atoms with Crippen molar-refractivity contribution in [3.63, 3.8) is 0 Å². The average molecular weight is 1670 g/mol. The van der Waals surface area contributed by atoms with Crippen LogP contribution in [0.3, 0.4) is 0 Å². The minimum Gasteiger partial charge on any atom is -0.743 e. The van der Waals surface area contributed by atoms with Gasteiger partial charge in [0.25, 0.3) is 5.60 Å². The number of thioether (sulfide) groups is 1. The molecule has 0 amide bonds. The van der Waals surface area contributed by atoms with Crippen molar-refractivity contribution in [2.24, 2.45) is 11.8 Å². The Bertz CT molecular complexity index is 3650. The molecule has 2 aromatic carbocycles. The van der Waals surface area contributed by atoms with Crippen molar-refractivity contribution in [2.45, 2.75) is 169 Å². The highest BCUT2D eigenvalue weighted by Crippen LogP contribution is 2.55. The van der Waals surface area contributed by atoms with Crippen molar-refractivity contribution in [1.82, 2.24) is 0 Å². The summed E-state index contributed by atoms with van der Waals surface area (Å²) in [6, 6.07) is 20.4. The molecule has 44 heteroatoms. The van der Waals surface area contributed by atoms with Gasteiger partial charge in [-0.05, 0) is 92.2 Å². The van der Waals surface area contributed by atoms with Crippen LogP contribution in [0.15, 0.2) is 109 Å². The number of esters is 6. The maximum atomic E-state index is 13.3. The molecule has 588 valence electrons. The number of hydrogen-bond donors (Lipinski definition) is 2. The van der Waals surface area contributed by atoms with Gasteiger partial charge < -0.3 is 47.7 Å². The number of thiol groups is 2. The van der Waals surface area contributed by atoms with Crippen LogP contribution in [0.25, 0.3) is 0 Å². The Kier molecular flexibility index (Phi) is 39.9. The predicted octanol–water partition coefficient (Wildman–Crippen LogP) is 12.3. The second-order valence-electron chi connectivity index (χ2n) is 22.7. The molecule has 0 spiro atoms. The van der Waals surface area contributed by atoms with Crippen molar-refractivity contribution in [3.8, 4) is 6.07 Å². The molecule has 6 atom stereocenters. The number of aliphatic hydroxyl groups is 2. The number of nitrogens with zero attached hydrogens (tertiary/aromatic N) is 1. The fourth-order valence-corrected chi connectivity index (χ4v) is 9.92. The first-order valence-electron chi connectivity index (χ1n) is 29.4. The molecule has 1 saturated heterocycles. The van der Waals surface area contributed by atoms with Crippen LogP contribution in [0.5, 0.6) is 0 Å². The number of halogens is 15. The smallest absolute Gasteiger partial charge is 0.426 e.